The Hall–Kier alpha value is -2.57. The number of benzene rings is 1. The van der Waals surface area contributed by atoms with Crippen molar-refractivity contribution in [1.29, 1.82) is 0 Å². The Morgan fingerprint density at radius 1 is 1.22 bits per heavy atom. The first-order valence-electron chi connectivity index (χ1n) is 7.42. The van der Waals surface area contributed by atoms with E-state index < -0.39 is 12.0 Å². The number of carbonyl (C=O) groups excluding carboxylic acids is 2. The van der Waals surface area contributed by atoms with Crippen molar-refractivity contribution in [3.8, 4) is 0 Å². The fraction of sp³-hybridized carbons (Fsp3) is 0.438. The van der Waals surface area contributed by atoms with E-state index in [1.807, 2.05) is 30.3 Å². The summed E-state index contributed by atoms with van der Waals surface area (Å²) in [7, 11) is 1.68. The second-order valence-electron chi connectivity index (χ2n) is 5.39. The molecule has 1 rings (SSSR count). The molecule has 0 aromatic heterocycles. The van der Waals surface area contributed by atoms with Gasteiger partial charge in [0.15, 0.2) is 0 Å². The lowest BCUT2D eigenvalue weighted by molar-refractivity contribution is -0.137. The number of carboxylic acid groups (broad SMARTS) is 1. The van der Waals surface area contributed by atoms with Crippen molar-refractivity contribution in [2.75, 3.05) is 13.6 Å². The van der Waals surface area contributed by atoms with Crippen molar-refractivity contribution < 1.29 is 19.5 Å². The van der Waals surface area contributed by atoms with Crippen LogP contribution in [0, 0.1) is 0 Å². The van der Waals surface area contributed by atoms with E-state index in [9.17, 15) is 14.4 Å². The van der Waals surface area contributed by atoms with Gasteiger partial charge < -0.3 is 20.6 Å². The normalized spacial score (nSPS) is 11.4. The largest absolute Gasteiger partial charge is 0.481 e. The van der Waals surface area contributed by atoms with Gasteiger partial charge in [-0.3, -0.25) is 9.59 Å². The molecule has 0 radical (unpaired) electrons. The van der Waals surface area contributed by atoms with E-state index >= 15 is 0 Å². The Morgan fingerprint density at radius 3 is 2.48 bits per heavy atom. The molecule has 3 N–H and O–H groups in total. The van der Waals surface area contributed by atoms with Gasteiger partial charge in [-0.1, -0.05) is 30.3 Å². The molecular formula is C16H23N3O4. The number of rotatable bonds is 8. The zero-order valence-corrected chi connectivity index (χ0v) is 13.4. The van der Waals surface area contributed by atoms with Crippen LogP contribution in [0.4, 0.5) is 4.79 Å². The van der Waals surface area contributed by atoms with Gasteiger partial charge in [-0.2, -0.15) is 0 Å². The van der Waals surface area contributed by atoms with Crippen molar-refractivity contribution in [3.63, 3.8) is 0 Å². The summed E-state index contributed by atoms with van der Waals surface area (Å²) in [5, 5.41) is 13.8. The van der Waals surface area contributed by atoms with E-state index in [0.717, 1.165) is 5.56 Å². The molecule has 0 saturated carbocycles. The Kier molecular flexibility index (Phi) is 7.59. The van der Waals surface area contributed by atoms with E-state index in [-0.39, 0.29) is 31.3 Å². The monoisotopic (exact) mass is 321 g/mol. The van der Waals surface area contributed by atoms with Crippen LogP contribution >= 0.6 is 0 Å². The van der Waals surface area contributed by atoms with Crippen LogP contribution in [0.15, 0.2) is 30.3 Å². The number of hydrogen-bond donors (Lipinski definition) is 3. The number of aliphatic carboxylic acids is 1. The number of nitrogens with one attached hydrogen (secondary N) is 2. The maximum atomic E-state index is 11.9. The molecule has 7 nitrogen and oxygen atoms in total. The third kappa shape index (κ3) is 7.85. The molecule has 23 heavy (non-hydrogen) atoms. The molecule has 0 bridgehead atoms. The summed E-state index contributed by atoms with van der Waals surface area (Å²) < 4.78 is 0. The lowest BCUT2D eigenvalue weighted by atomic mass is 10.2. The summed E-state index contributed by atoms with van der Waals surface area (Å²) in [5.41, 5.74) is 1.02. The van der Waals surface area contributed by atoms with Gasteiger partial charge in [0, 0.05) is 32.6 Å². The summed E-state index contributed by atoms with van der Waals surface area (Å²) in [4.78, 5) is 35.5. The molecule has 1 aromatic carbocycles. The first-order valence-corrected chi connectivity index (χ1v) is 7.42. The van der Waals surface area contributed by atoms with Crippen LogP contribution in [-0.4, -0.2) is 47.5 Å². The minimum atomic E-state index is -0.964. The number of nitrogens with zero attached hydrogens (tertiary/aromatic N) is 1. The number of hydrogen-bond acceptors (Lipinski definition) is 3. The molecule has 0 aliphatic heterocycles. The molecule has 0 spiro atoms. The number of amides is 3. The summed E-state index contributed by atoms with van der Waals surface area (Å²) in [6.07, 6.45) is -0.0210. The van der Waals surface area contributed by atoms with Gasteiger partial charge in [0.1, 0.15) is 0 Å². The minimum Gasteiger partial charge on any atom is -0.481 e. The van der Waals surface area contributed by atoms with Crippen LogP contribution in [0.3, 0.4) is 0 Å². The summed E-state index contributed by atoms with van der Waals surface area (Å²) in [6.45, 7) is 2.30. The van der Waals surface area contributed by atoms with E-state index in [4.69, 9.17) is 5.11 Å². The van der Waals surface area contributed by atoms with Gasteiger partial charge in [-0.15, -0.1) is 0 Å². The van der Waals surface area contributed by atoms with Gasteiger partial charge in [0.2, 0.25) is 5.91 Å². The van der Waals surface area contributed by atoms with Gasteiger partial charge in [0.05, 0.1) is 6.42 Å². The highest BCUT2D eigenvalue weighted by molar-refractivity contribution is 5.79. The zero-order chi connectivity index (χ0) is 17.2. The van der Waals surface area contributed by atoms with Crippen LogP contribution in [0.2, 0.25) is 0 Å². The van der Waals surface area contributed by atoms with Crippen LogP contribution in [-0.2, 0) is 16.1 Å². The Bertz CT molecular complexity index is 533. The summed E-state index contributed by atoms with van der Waals surface area (Å²) >= 11 is 0. The molecule has 1 aromatic rings. The molecule has 3 amide bonds. The van der Waals surface area contributed by atoms with Crippen molar-refractivity contribution >= 4 is 17.9 Å². The first kappa shape index (κ1) is 18.5. The maximum absolute atomic E-state index is 11.9. The predicted molar refractivity (Wildman–Crippen MR) is 85.8 cm³/mol. The molecule has 0 aliphatic carbocycles. The van der Waals surface area contributed by atoms with Crippen molar-refractivity contribution in [3.05, 3.63) is 35.9 Å². The molecule has 0 aliphatic rings. The Labute approximate surface area is 135 Å². The van der Waals surface area contributed by atoms with Crippen LogP contribution < -0.4 is 10.6 Å². The van der Waals surface area contributed by atoms with Crippen LogP contribution in [0.5, 0.6) is 0 Å². The fourth-order valence-electron chi connectivity index (χ4n) is 2.01. The molecular weight excluding hydrogens is 298 g/mol. The molecule has 0 heterocycles. The minimum absolute atomic E-state index is 0.106. The lowest BCUT2D eigenvalue weighted by Gasteiger charge is -2.18. The average Bonchev–Trinajstić information content (AvgIpc) is 2.47. The third-order valence-corrected chi connectivity index (χ3v) is 3.13. The van der Waals surface area contributed by atoms with E-state index in [2.05, 4.69) is 10.6 Å². The Balaban J connectivity index is 2.25. The molecule has 0 saturated heterocycles. The molecule has 1 unspecified atom stereocenters. The van der Waals surface area contributed by atoms with Gasteiger partial charge in [-0.25, -0.2) is 4.79 Å². The number of carboxylic acids is 1. The Morgan fingerprint density at radius 2 is 1.87 bits per heavy atom. The van der Waals surface area contributed by atoms with Gasteiger partial charge in [-0.05, 0) is 12.5 Å². The van der Waals surface area contributed by atoms with Crippen LogP contribution in [0.1, 0.15) is 25.3 Å². The summed E-state index contributed by atoms with van der Waals surface area (Å²) in [5.74, 6) is -1.25. The standard InChI is InChI=1S/C16H23N3O4/c1-12(10-15(21)22)18-14(20)8-9-17-16(23)19(2)11-13-6-4-3-5-7-13/h3-7,12H,8-11H2,1-2H3,(H,17,23)(H,18,20)(H,21,22). The van der Waals surface area contributed by atoms with E-state index in [1.54, 1.807) is 14.0 Å². The number of urea groups is 1. The van der Waals surface area contributed by atoms with E-state index in [1.165, 1.54) is 4.90 Å². The maximum Gasteiger partial charge on any atom is 0.317 e. The molecule has 126 valence electrons. The van der Waals surface area contributed by atoms with Crippen molar-refractivity contribution in [1.82, 2.24) is 15.5 Å². The molecule has 0 fully saturated rings. The van der Waals surface area contributed by atoms with Gasteiger partial charge in [0.25, 0.3) is 0 Å². The highest BCUT2D eigenvalue weighted by atomic mass is 16.4. The highest BCUT2D eigenvalue weighted by Gasteiger charge is 2.12. The first-order chi connectivity index (χ1) is 10.9. The highest BCUT2D eigenvalue weighted by Crippen LogP contribution is 2.02. The second-order valence-corrected chi connectivity index (χ2v) is 5.39. The lowest BCUT2D eigenvalue weighted by Crippen LogP contribution is -2.40. The second kappa shape index (κ2) is 9.45. The van der Waals surface area contributed by atoms with Crippen LogP contribution in [0.25, 0.3) is 0 Å². The molecule has 7 heteroatoms. The topological polar surface area (TPSA) is 98.7 Å². The van der Waals surface area contributed by atoms with Gasteiger partial charge >= 0.3 is 12.0 Å². The number of carbonyl (C=O) groups is 3. The smallest absolute Gasteiger partial charge is 0.317 e. The quantitative estimate of drug-likeness (QED) is 0.670. The summed E-state index contributed by atoms with van der Waals surface area (Å²) in [6, 6.07) is 8.89. The van der Waals surface area contributed by atoms with Crippen molar-refractivity contribution in [2.24, 2.45) is 0 Å². The fourth-order valence-corrected chi connectivity index (χ4v) is 2.01. The van der Waals surface area contributed by atoms with Crippen molar-refractivity contribution in [2.45, 2.75) is 32.4 Å². The zero-order valence-electron chi connectivity index (χ0n) is 13.4. The molecule has 1 atom stereocenters. The third-order valence-electron chi connectivity index (χ3n) is 3.13. The average molecular weight is 321 g/mol. The van der Waals surface area contributed by atoms with E-state index in [0.29, 0.717) is 6.54 Å². The predicted octanol–water partition coefficient (Wildman–Crippen LogP) is 1.20. The SMILES string of the molecule is CC(CC(=O)O)NC(=O)CCNC(=O)N(C)Cc1ccccc1.